The van der Waals surface area contributed by atoms with Gasteiger partial charge in [-0.1, -0.05) is 54.6 Å². The van der Waals surface area contributed by atoms with E-state index in [9.17, 15) is 14.0 Å². The molecule has 7 heteroatoms. The highest BCUT2D eigenvalue weighted by atomic mass is 19.1. The lowest BCUT2D eigenvalue weighted by molar-refractivity contribution is -0.116. The second-order valence-corrected chi connectivity index (χ2v) is 7.55. The molecule has 6 nitrogen and oxygen atoms in total. The first-order valence-corrected chi connectivity index (χ1v) is 10.7. The van der Waals surface area contributed by atoms with Crippen LogP contribution in [0.2, 0.25) is 0 Å². The molecule has 34 heavy (non-hydrogen) atoms. The van der Waals surface area contributed by atoms with E-state index in [1.54, 1.807) is 53.2 Å². The van der Waals surface area contributed by atoms with E-state index < -0.39 is 5.91 Å². The highest BCUT2D eigenvalue weighted by molar-refractivity contribution is 5.99. The molecule has 3 aromatic carbocycles. The molecule has 0 aliphatic rings. The predicted molar refractivity (Wildman–Crippen MR) is 130 cm³/mol. The van der Waals surface area contributed by atoms with E-state index in [1.165, 1.54) is 17.0 Å². The molecule has 0 saturated heterocycles. The van der Waals surface area contributed by atoms with Gasteiger partial charge in [-0.3, -0.25) is 19.5 Å². The van der Waals surface area contributed by atoms with E-state index in [1.807, 2.05) is 36.4 Å². The second-order valence-electron chi connectivity index (χ2n) is 7.55. The summed E-state index contributed by atoms with van der Waals surface area (Å²) in [5, 5.41) is 2.80. The number of benzene rings is 3. The van der Waals surface area contributed by atoms with Crippen LogP contribution in [0.1, 0.15) is 10.4 Å². The third-order valence-corrected chi connectivity index (χ3v) is 5.12. The fourth-order valence-electron chi connectivity index (χ4n) is 3.49. The van der Waals surface area contributed by atoms with Crippen molar-refractivity contribution < 1.29 is 14.0 Å². The number of carbonyl (C=O) groups excluding carboxylic acids is 2. The molecule has 0 atom stereocenters. The van der Waals surface area contributed by atoms with E-state index >= 15 is 0 Å². The van der Waals surface area contributed by atoms with Crippen molar-refractivity contribution in [3.63, 3.8) is 0 Å². The Morgan fingerprint density at radius 1 is 0.971 bits per heavy atom. The fourth-order valence-corrected chi connectivity index (χ4v) is 3.49. The molecule has 0 aliphatic heterocycles. The van der Waals surface area contributed by atoms with Gasteiger partial charge in [-0.2, -0.15) is 0 Å². The first-order chi connectivity index (χ1) is 16.5. The number of imidazole rings is 1. The average Bonchev–Trinajstić information content (AvgIpc) is 3.28. The number of anilines is 1. The molecular weight excluding hydrogens is 431 g/mol. The zero-order valence-electron chi connectivity index (χ0n) is 18.4. The van der Waals surface area contributed by atoms with Crippen LogP contribution < -0.4 is 5.32 Å². The van der Waals surface area contributed by atoms with Crippen LogP contribution in [0.3, 0.4) is 0 Å². The van der Waals surface area contributed by atoms with Crippen LogP contribution in [0.15, 0.2) is 104 Å². The molecule has 0 aliphatic carbocycles. The Morgan fingerprint density at radius 2 is 1.62 bits per heavy atom. The van der Waals surface area contributed by atoms with Crippen molar-refractivity contribution in [1.82, 2.24) is 14.5 Å². The molecule has 0 fully saturated rings. The number of nitrogens with one attached hydrogen (secondary N) is 1. The Bertz CT molecular complexity index is 1290. The van der Waals surface area contributed by atoms with Gasteiger partial charge in [0.2, 0.25) is 11.9 Å². The van der Waals surface area contributed by atoms with Crippen LogP contribution >= 0.6 is 0 Å². The summed E-state index contributed by atoms with van der Waals surface area (Å²) >= 11 is 0. The molecular formula is C27H23FN4O2. The molecule has 1 aromatic heterocycles. The maximum Gasteiger partial charge on any atom is 0.254 e. The largest absolute Gasteiger partial charge is 0.326 e. The second kappa shape index (κ2) is 10.4. The molecule has 4 rings (SSSR count). The molecule has 1 N–H and O–H groups in total. The first kappa shape index (κ1) is 22.7. The summed E-state index contributed by atoms with van der Waals surface area (Å²) in [6, 6.07) is 24.2. The Kier molecular flexibility index (Phi) is 6.93. The van der Waals surface area contributed by atoms with E-state index in [0.717, 1.165) is 5.56 Å². The molecule has 1 heterocycles. The van der Waals surface area contributed by atoms with E-state index in [0.29, 0.717) is 16.9 Å². The van der Waals surface area contributed by atoms with Gasteiger partial charge in [-0.15, -0.1) is 6.58 Å². The molecule has 0 bridgehead atoms. The van der Waals surface area contributed by atoms with Crippen LogP contribution in [0.25, 0.3) is 16.9 Å². The zero-order valence-corrected chi connectivity index (χ0v) is 18.4. The smallest absolute Gasteiger partial charge is 0.254 e. The minimum absolute atomic E-state index is 0.184. The van der Waals surface area contributed by atoms with E-state index in [4.69, 9.17) is 0 Å². The van der Waals surface area contributed by atoms with Crippen molar-refractivity contribution in [2.24, 2.45) is 0 Å². The Balaban J connectivity index is 1.60. The highest BCUT2D eigenvalue weighted by Crippen LogP contribution is 2.24. The van der Waals surface area contributed by atoms with Gasteiger partial charge in [0.05, 0.1) is 5.69 Å². The van der Waals surface area contributed by atoms with Crippen LogP contribution in [-0.2, 0) is 4.79 Å². The number of nitrogens with zero attached hydrogens (tertiary/aromatic N) is 3. The SMILES string of the molecule is C=CCN(CC(=O)Nc1nc(-c2ccccc2)cn1-c1ccc(F)cc1)C(=O)c1ccccc1. The van der Waals surface area contributed by atoms with Crippen LogP contribution in [0.5, 0.6) is 0 Å². The van der Waals surface area contributed by atoms with Crippen molar-refractivity contribution in [3.8, 4) is 16.9 Å². The molecule has 0 saturated carbocycles. The molecule has 0 spiro atoms. The summed E-state index contributed by atoms with van der Waals surface area (Å²) in [6.45, 7) is 3.72. The van der Waals surface area contributed by atoms with Crippen molar-refractivity contribution in [1.29, 1.82) is 0 Å². The number of halogens is 1. The molecule has 0 unspecified atom stereocenters. The Hall–Kier alpha value is -4.52. The highest BCUT2D eigenvalue weighted by Gasteiger charge is 2.20. The van der Waals surface area contributed by atoms with Gasteiger partial charge in [0.25, 0.3) is 5.91 Å². The third-order valence-electron chi connectivity index (χ3n) is 5.12. The summed E-state index contributed by atoms with van der Waals surface area (Å²) in [6.07, 6.45) is 3.34. The van der Waals surface area contributed by atoms with Gasteiger partial charge in [0.15, 0.2) is 0 Å². The van der Waals surface area contributed by atoms with Gasteiger partial charge in [-0.05, 0) is 36.4 Å². The normalized spacial score (nSPS) is 10.5. The summed E-state index contributed by atoms with van der Waals surface area (Å²) in [5.74, 6) is -0.791. The lowest BCUT2D eigenvalue weighted by atomic mass is 10.2. The van der Waals surface area contributed by atoms with Gasteiger partial charge in [-0.25, -0.2) is 9.37 Å². The van der Waals surface area contributed by atoms with Gasteiger partial charge in [0, 0.05) is 29.6 Å². The van der Waals surface area contributed by atoms with Crippen molar-refractivity contribution >= 4 is 17.8 Å². The minimum atomic E-state index is -0.417. The molecule has 2 amide bonds. The molecule has 170 valence electrons. The predicted octanol–water partition coefficient (Wildman–Crippen LogP) is 4.95. The number of aromatic nitrogens is 2. The number of hydrogen-bond donors (Lipinski definition) is 1. The summed E-state index contributed by atoms with van der Waals surface area (Å²) in [5.41, 5.74) is 2.63. The number of rotatable bonds is 8. The topological polar surface area (TPSA) is 67.2 Å². The molecule has 4 aromatic rings. The van der Waals surface area contributed by atoms with Crippen LogP contribution in [0, 0.1) is 5.82 Å². The summed E-state index contributed by atoms with van der Waals surface area (Å²) in [4.78, 5) is 31.8. The maximum absolute atomic E-state index is 13.5. The lowest BCUT2D eigenvalue weighted by Crippen LogP contribution is -2.38. The van der Waals surface area contributed by atoms with Crippen molar-refractivity contribution in [2.45, 2.75) is 0 Å². The average molecular weight is 455 g/mol. The lowest BCUT2D eigenvalue weighted by Gasteiger charge is -2.20. The Morgan fingerprint density at radius 3 is 2.26 bits per heavy atom. The van der Waals surface area contributed by atoms with Gasteiger partial charge >= 0.3 is 0 Å². The van der Waals surface area contributed by atoms with E-state index in [-0.39, 0.29) is 30.8 Å². The molecule has 0 radical (unpaired) electrons. The zero-order chi connectivity index (χ0) is 23.9. The maximum atomic E-state index is 13.5. The fraction of sp³-hybridized carbons (Fsp3) is 0.0741. The van der Waals surface area contributed by atoms with Gasteiger partial charge in [0.1, 0.15) is 12.4 Å². The van der Waals surface area contributed by atoms with Crippen LogP contribution in [-0.4, -0.2) is 39.4 Å². The summed E-state index contributed by atoms with van der Waals surface area (Å²) in [7, 11) is 0. The van der Waals surface area contributed by atoms with Crippen molar-refractivity contribution in [2.75, 3.05) is 18.4 Å². The number of amides is 2. The monoisotopic (exact) mass is 454 g/mol. The standard InChI is InChI=1S/C27H23FN4O2/c1-2-17-31(26(34)21-11-7-4-8-12-21)19-25(33)30-27-29-24(20-9-5-3-6-10-20)18-32(27)23-15-13-22(28)14-16-23/h2-16,18H,1,17,19H2,(H,29,30,33). The number of hydrogen-bond acceptors (Lipinski definition) is 3. The summed E-state index contributed by atoms with van der Waals surface area (Å²) < 4.78 is 15.2. The minimum Gasteiger partial charge on any atom is -0.326 e. The van der Waals surface area contributed by atoms with Crippen molar-refractivity contribution in [3.05, 3.63) is 115 Å². The van der Waals surface area contributed by atoms with E-state index in [2.05, 4.69) is 16.9 Å². The van der Waals surface area contributed by atoms with Gasteiger partial charge < -0.3 is 4.90 Å². The third kappa shape index (κ3) is 5.27. The quantitative estimate of drug-likeness (QED) is 0.383. The van der Waals surface area contributed by atoms with Crippen LogP contribution in [0.4, 0.5) is 10.3 Å². The number of carbonyl (C=O) groups is 2. The first-order valence-electron chi connectivity index (χ1n) is 10.7. The Labute approximate surface area is 197 Å².